The fourth-order valence-corrected chi connectivity index (χ4v) is 3.53. The van der Waals surface area contributed by atoms with Crippen LogP contribution in [0.1, 0.15) is 59.9 Å². The molecule has 3 nitrogen and oxygen atoms in total. The van der Waals surface area contributed by atoms with E-state index in [0.717, 1.165) is 18.4 Å². The van der Waals surface area contributed by atoms with Crippen molar-refractivity contribution in [1.29, 1.82) is 0 Å². The van der Waals surface area contributed by atoms with Crippen LogP contribution in [0.4, 0.5) is 0 Å². The summed E-state index contributed by atoms with van der Waals surface area (Å²) in [6.45, 7) is 13.6. The SMILES string of the molecule is CC(Cc1cc(O)[nH]c1O)CC(C)(C)CC(C)(C)C. The second kappa shape index (κ2) is 5.48. The minimum absolute atomic E-state index is 0.0358. The van der Waals surface area contributed by atoms with Crippen LogP contribution in [0.5, 0.6) is 11.8 Å². The number of hydrogen-bond acceptors (Lipinski definition) is 2. The highest BCUT2D eigenvalue weighted by Crippen LogP contribution is 2.39. The zero-order valence-corrected chi connectivity index (χ0v) is 13.2. The van der Waals surface area contributed by atoms with E-state index in [0.29, 0.717) is 11.3 Å². The van der Waals surface area contributed by atoms with Crippen LogP contribution in [0.2, 0.25) is 0 Å². The molecule has 1 aromatic heterocycles. The van der Waals surface area contributed by atoms with Gasteiger partial charge in [0.2, 0.25) is 0 Å². The third-order valence-electron chi connectivity index (χ3n) is 3.34. The molecule has 1 rings (SSSR count). The molecular weight excluding hydrogens is 238 g/mol. The minimum atomic E-state index is 0.0358. The highest BCUT2D eigenvalue weighted by molar-refractivity contribution is 5.32. The van der Waals surface area contributed by atoms with E-state index in [2.05, 4.69) is 46.5 Å². The van der Waals surface area contributed by atoms with Crippen LogP contribution in [0.25, 0.3) is 0 Å². The van der Waals surface area contributed by atoms with Crippen molar-refractivity contribution in [1.82, 2.24) is 4.98 Å². The molecule has 1 heterocycles. The lowest BCUT2D eigenvalue weighted by molar-refractivity contribution is 0.174. The van der Waals surface area contributed by atoms with Crippen LogP contribution in [-0.2, 0) is 6.42 Å². The van der Waals surface area contributed by atoms with E-state index in [4.69, 9.17) is 0 Å². The van der Waals surface area contributed by atoms with Crippen LogP contribution in [-0.4, -0.2) is 15.2 Å². The largest absolute Gasteiger partial charge is 0.495 e. The molecule has 0 saturated heterocycles. The molecule has 3 N–H and O–H groups in total. The van der Waals surface area contributed by atoms with E-state index in [9.17, 15) is 10.2 Å². The smallest absolute Gasteiger partial charge is 0.194 e. The number of rotatable bonds is 5. The van der Waals surface area contributed by atoms with E-state index >= 15 is 0 Å². The Balaban J connectivity index is 2.60. The Labute approximate surface area is 117 Å². The van der Waals surface area contributed by atoms with Crippen LogP contribution in [0.3, 0.4) is 0 Å². The molecule has 1 aromatic rings. The number of aromatic amines is 1. The summed E-state index contributed by atoms with van der Waals surface area (Å²) in [5.41, 5.74) is 1.42. The molecule has 0 saturated carbocycles. The van der Waals surface area contributed by atoms with Crippen molar-refractivity contribution < 1.29 is 10.2 Å². The Hall–Kier alpha value is -1.12. The number of H-pyrrole nitrogens is 1. The van der Waals surface area contributed by atoms with Gasteiger partial charge in [0.25, 0.3) is 0 Å². The Bertz CT molecular complexity index is 413. The second-order valence-electron chi connectivity index (χ2n) is 7.94. The molecule has 3 heteroatoms. The number of aromatic hydroxyl groups is 2. The highest BCUT2D eigenvalue weighted by atomic mass is 16.3. The third kappa shape index (κ3) is 5.58. The summed E-state index contributed by atoms with van der Waals surface area (Å²) in [4.78, 5) is 2.53. The first kappa shape index (κ1) is 15.9. The molecule has 110 valence electrons. The van der Waals surface area contributed by atoms with Gasteiger partial charge in [0.15, 0.2) is 11.8 Å². The minimum Gasteiger partial charge on any atom is -0.495 e. The van der Waals surface area contributed by atoms with Crippen LogP contribution in [0.15, 0.2) is 6.07 Å². The molecule has 0 spiro atoms. The van der Waals surface area contributed by atoms with Gasteiger partial charge in [0.1, 0.15) is 0 Å². The van der Waals surface area contributed by atoms with Crippen molar-refractivity contribution in [3.05, 3.63) is 11.6 Å². The van der Waals surface area contributed by atoms with Crippen LogP contribution < -0.4 is 0 Å². The molecule has 0 aliphatic heterocycles. The quantitative estimate of drug-likeness (QED) is 0.738. The summed E-state index contributed by atoms with van der Waals surface area (Å²) < 4.78 is 0. The summed E-state index contributed by atoms with van der Waals surface area (Å²) in [5.74, 6) is 0.602. The fourth-order valence-electron chi connectivity index (χ4n) is 3.53. The van der Waals surface area contributed by atoms with Crippen LogP contribution in [0, 0.1) is 16.7 Å². The van der Waals surface area contributed by atoms with Crippen molar-refractivity contribution in [3.8, 4) is 11.8 Å². The van der Waals surface area contributed by atoms with E-state index in [1.165, 1.54) is 6.42 Å². The van der Waals surface area contributed by atoms with Crippen molar-refractivity contribution in [2.75, 3.05) is 0 Å². The van der Waals surface area contributed by atoms with Gasteiger partial charge in [-0.1, -0.05) is 41.5 Å². The topological polar surface area (TPSA) is 56.2 Å². The van der Waals surface area contributed by atoms with E-state index < -0.39 is 0 Å². The predicted octanol–water partition coefficient (Wildman–Crippen LogP) is 4.46. The summed E-state index contributed by atoms with van der Waals surface area (Å²) in [7, 11) is 0. The first-order chi connectivity index (χ1) is 8.48. The summed E-state index contributed by atoms with van der Waals surface area (Å²) in [5, 5.41) is 19.0. The fraction of sp³-hybridized carbons (Fsp3) is 0.750. The maximum absolute atomic E-state index is 9.65. The van der Waals surface area contributed by atoms with Crippen molar-refractivity contribution in [2.45, 2.75) is 60.8 Å². The Morgan fingerprint density at radius 1 is 1.16 bits per heavy atom. The maximum Gasteiger partial charge on any atom is 0.194 e. The normalized spacial score (nSPS) is 14.6. The number of aromatic nitrogens is 1. The predicted molar refractivity (Wildman–Crippen MR) is 79.5 cm³/mol. The molecule has 0 aliphatic rings. The van der Waals surface area contributed by atoms with Crippen molar-refractivity contribution in [2.24, 2.45) is 16.7 Å². The zero-order valence-electron chi connectivity index (χ0n) is 13.2. The van der Waals surface area contributed by atoms with Gasteiger partial charge in [0.05, 0.1) is 0 Å². The molecule has 1 atom stereocenters. The lowest BCUT2D eigenvalue weighted by Crippen LogP contribution is -2.23. The summed E-state index contributed by atoms with van der Waals surface area (Å²) in [6.07, 6.45) is 3.07. The van der Waals surface area contributed by atoms with E-state index in [1.54, 1.807) is 6.07 Å². The van der Waals surface area contributed by atoms with E-state index in [-0.39, 0.29) is 17.2 Å². The molecular formula is C16H29NO2. The van der Waals surface area contributed by atoms with Gasteiger partial charge >= 0.3 is 0 Å². The molecule has 19 heavy (non-hydrogen) atoms. The molecule has 0 bridgehead atoms. The first-order valence-corrected chi connectivity index (χ1v) is 7.08. The lowest BCUT2D eigenvalue weighted by atomic mass is 9.71. The van der Waals surface area contributed by atoms with Gasteiger partial charge in [-0.15, -0.1) is 0 Å². The molecule has 1 unspecified atom stereocenters. The standard InChI is InChI=1S/C16H29NO2/c1-11(7-12-8-13(18)17-14(12)19)9-16(5,6)10-15(2,3)4/h8,11,17-19H,7,9-10H2,1-6H3. The Morgan fingerprint density at radius 2 is 1.74 bits per heavy atom. The van der Waals surface area contributed by atoms with E-state index in [1.807, 2.05) is 0 Å². The van der Waals surface area contributed by atoms with Gasteiger partial charge in [-0.2, -0.15) is 0 Å². The average molecular weight is 267 g/mol. The first-order valence-electron chi connectivity index (χ1n) is 7.08. The monoisotopic (exact) mass is 267 g/mol. The summed E-state index contributed by atoms with van der Waals surface area (Å²) >= 11 is 0. The van der Waals surface area contributed by atoms with Gasteiger partial charge in [-0.3, -0.25) is 4.98 Å². The highest BCUT2D eigenvalue weighted by Gasteiger charge is 2.27. The maximum atomic E-state index is 9.65. The van der Waals surface area contributed by atoms with Crippen molar-refractivity contribution in [3.63, 3.8) is 0 Å². The lowest BCUT2D eigenvalue weighted by Gasteiger charge is -2.34. The number of hydrogen-bond donors (Lipinski definition) is 3. The number of nitrogens with one attached hydrogen (secondary N) is 1. The van der Waals surface area contributed by atoms with Gasteiger partial charge in [-0.25, -0.2) is 0 Å². The molecule has 0 aliphatic carbocycles. The summed E-state index contributed by atoms with van der Waals surface area (Å²) in [6, 6.07) is 1.61. The van der Waals surface area contributed by atoms with Gasteiger partial charge in [0, 0.05) is 11.6 Å². The van der Waals surface area contributed by atoms with Gasteiger partial charge in [-0.05, 0) is 36.0 Å². The average Bonchev–Trinajstić information content (AvgIpc) is 2.38. The Kier molecular flexibility index (Phi) is 4.59. The molecule has 0 radical (unpaired) electrons. The third-order valence-corrected chi connectivity index (χ3v) is 3.34. The Morgan fingerprint density at radius 3 is 2.16 bits per heavy atom. The van der Waals surface area contributed by atoms with Crippen LogP contribution >= 0.6 is 0 Å². The molecule has 0 fully saturated rings. The van der Waals surface area contributed by atoms with Gasteiger partial charge < -0.3 is 10.2 Å². The van der Waals surface area contributed by atoms with Crippen molar-refractivity contribution >= 4 is 0 Å². The zero-order chi connectivity index (χ0) is 14.8. The molecule has 0 amide bonds. The molecule has 0 aromatic carbocycles. The second-order valence-corrected chi connectivity index (χ2v) is 7.94.